The molecule has 0 amide bonds. The van der Waals surface area contributed by atoms with Crippen LogP contribution in [0.5, 0.6) is 0 Å². The Morgan fingerprint density at radius 3 is 1.95 bits per heavy atom. The average molecular weight is 621 g/mol. The van der Waals surface area contributed by atoms with Crippen molar-refractivity contribution in [2.75, 3.05) is 0 Å². The summed E-state index contributed by atoms with van der Waals surface area (Å²) in [5.41, 5.74) is 0.892. The van der Waals surface area contributed by atoms with Gasteiger partial charge in [-0.05, 0) is 91.7 Å². The summed E-state index contributed by atoms with van der Waals surface area (Å²) in [6.07, 6.45) is 9.58. The molecule has 0 N–H and O–H groups in total. The highest BCUT2D eigenvalue weighted by Gasteiger charge is 2.48. The number of carbonyl (C=O) groups excluding carboxylic acids is 1. The highest BCUT2D eigenvalue weighted by Crippen LogP contribution is 2.65. The largest absolute Gasteiger partial charge is 0.440 e. The number of ether oxygens (including phenoxy) is 1. The van der Waals surface area contributed by atoms with Crippen molar-refractivity contribution in [3.8, 4) is 6.07 Å². The van der Waals surface area contributed by atoms with Gasteiger partial charge in [-0.2, -0.15) is 5.26 Å². The van der Waals surface area contributed by atoms with Crippen LogP contribution in [0.15, 0.2) is 60.4 Å². The zero-order chi connectivity index (χ0) is 31.9. The van der Waals surface area contributed by atoms with Crippen LogP contribution in [0.25, 0.3) is 6.08 Å². The van der Waals surface area contributed by atoms with Gasteiger partial charge in [0.05, 0.1) is 12.2 Å². The Morgan fingerprint density at radius 1 is 0.909 bits per heavy atom. The van der Waals surface area contributed by atoms with E-state index in [4.69, 9.17) is 13.8 Å². The molecule has 7 atom stereocenters. The van der Waals surface area contributed by atoms with Crippen LogP contribution in [0, 0.1) is 46.8 Å². The predicted molar refractivity (Wildman–Crippen MR) is 173 cm³/mol. The Kier molecular flexibility index (Phi) is 12.0. The molecule has 2 aliphatic rings. The molecule has 238 valence electrons. The summed E-state index contributed by atoms with van der Waals surface area (Å²) >= 11 is 0. The van der Waals surface area contributed by atoms with Crippen LogP contribution < -0.4 is 0 Å². The van der Waals surface area contributed by atoms with E-state index in [-0.39, 0.29) is 29.6 Å². The number of rotatable bonds is 11. The number of benzene rings is 1. The predicted octanol–water partition coefficient (Wildman–Crippen LogP) is 9.38. The van der Waals surface area contributed by atoms with Crippen LogP contribution in [-0.4, -0.2) is 23.2 Å². The summed E-state index contributed by atoms with van der Waals surface area (Å²) in [7, 11) is -4.18. The van der Waals surface area contributed by atoms with Gasteiger partial charge in [0.2, 0.25) is 5.85 Å². The van der Waals surface area contributed by atoms with Crippen LogP contribution in [0.4, 0.5) is 0 Å². The lowest BCUT2D eigenvalue weighted by molar-refractivity contribution is -0.142. The quantitative estimate of drug-likeness (QED) is 0.107. The van der Waals surface area contributed by atoms with Crippen molar-refractivity contribution in [3.63, 3.8) is 0 Å². The minimum Gasteiger partial charge on any atom is -0.440 e. The molecule has 7 nitrogen and oxygen atoms in total. The summed E-state index contributed by atoms with van der Waals surface area (Å²) in [4.78, 5) is 17.9. The Morgan fingerprint density at radius 2 is 1.48 bits per heavy atom. The number of carbonyl (C=O) groups is 1. The first-order chi connectivity index (χ1) is 21.0. The summed E-state index contributed by atoms with van der Waals surface area (Å²) < 4.78 is 34.9. The number of esters is 1. The highest BCUT2D eigenvalue weighted by atomic mass is 31.2. The second-order valence-corrected chi connectivity index (χ2v) is 15.5. The van der Waals surface area contributed by atoms with Gasteiger partial charge in [-0.25, -0.2) is 4.79 Å². The van der Waals surface area contributed by atoms with E-state index >= 15 is 4.57 Å². The fourth-order valence-electron chi connectivity index (χ4n) is 6.50. The van der Waals surface area contributed by atoms with E-state index in [0.29, 0.717) is 34.8 Å². The molecule has 44 heavy (non-hydrogen) atoms. The first kappa shape index (κ1) is 34.1. The van der Waals surface area contributed by atoms with Crippen molar-refractivity contribution in [3.05, 3.63) is 71.6 Å². The third-order valence-corrected chi connectivity index (χ3v) is 11.8. The van der Waals surface area contributed by atoms with E-state index in [1.165, 1.54) is 12.3 Å². The minimum atomic E-state index is -4.18. The SMILES string of the molecule is CC(C)C1CCC(C)C(OP(=O)(OC2CC(C(C)C)CCC2C)C(OC(=O)C(C#N)=Cc2ccccc2)c2cccnc2)C1. The maximum Gasteiger partial charge on any atom is 0.376 e. The molecular weight excluding hydrogens is 571 g/mol. The second kappa shape index (κ2) is 15.5. The van der Waals surface area contributed by atoms with Gasteiger partial charge in [-0.1, -0.05) is 77.9 Å². The van der Waals surface area contributed by atoms with Crippen molar-refractivity contribution in [1.29, 1.82) is 5.26 Å². The third kappa shape index (κ3) is 8.68. The topological polar surface area (TPSA) is 98.5 Å². The Labute approximate surface area is 263 Å². The fourth-order valence-corrected chi connectivity index (χ4v) is 8.85. The van der Waals surface area contributed by atoms with Crippen LogP contribution >= 0.6 is 7.60 Å². The van der Waals surface area contributed by atoms with E-state index in [9.17, 15) is 10.1 Å². The summed E-state index contributed by atoms with van der Waals surface area (Å²) in [6, 6.07) is 14.5. The molecule has 1 heterocycles. The van der Waals surface area contributed by atoms with Crippen molar-refractivity contribution in [2.45, 2.75) is 98.1 Å². The monoisotopic (exact) mass is 620 g/mol. The molecule has 7 unspecified atom stereocenters. The third-order valence-electron chi connectivity index (χ3n) is 9.70. The van der Waals surface area contributed by atoms with E-state index in [1.807, 2.05) is 24.3 Å². The van der Waals surface area contributed by atoms with Gasteiger partial charge in [0, 0.05) is 18.0 Å². The standard InChI is InChI=1S/C36H49N2O5P/c1-24(2)29-16-14-26(5)33(20-29)42-44(40,43-34-21-30(25(3)4)17-15-27(34)6)36(31-13-10-18-38-23-31)41-35(39)32(22-37)19-28-11-8-7-9-12-28/h7-13,18-19,23-27,29-30,33-34,36H,14-17,20-21H2,1-6H3. The smallest absolute Gasteiger partial charge is 0.376 e. The van der Waals surface area contributed by atoms with Gasteiger partial charge in [0.25, 0.3) is 0 Å². The molecule has 1 aromatic heterocycles. The van der Waals surface area contributed by atoms with Crippen LogP contribution in [0.3, 0.4) is 0 Å². The van der Waals surface area contributed by atoms with E-state index in [2.05, 4.69) is 46.5 Å². The first-order valence-corrected chi connectivity index (χ1v) is 17.9. The lowest BCUT2D eigenvalue weighted by Gasteiger charge is -2.42. The van der Waals surface area contributed by atoms with Crippen molar-refractivity contribution >= 4 is 19.6 Å². The van der Waals surface area contributed by atoms with Gasteiger partial charge in [-0.15, -0.1) is 0 Å². The fraction of sp³-hybridized carbons (Fsp3) is 0.583. The molecule has 0 bridgehead atoms. The van der Waals surface area contributed by atoms with Gasteiger partial charge in [0.1, 0.15) is 11.6 Å². The Bertz CT molecular complexity index is 1300. The summed E-state index contributed by atoms with van der Waals surface area (Å²) in [5, 5.41) is 9.93. The van der Waals surface area contributed by atoms with Gasteiger partial charge in [0.15, 0.2) is 0 Å². The Balaban J connectivity index is 1.75. The van der Waals surface area contributed by atoms with Crippen LogP contribution in [0.2, 0.25) is 0 Å². The van der Waals surface area contributed by atoms with Gasteiger partial charge >= 0.3 is 13.6 Å². The Hall–Kier alpha value is -2.78. The zero-order valence-electron chi connectivity index (χ0n) is 27.1. The van der Waals surface area contributed by atoms with Crippen LogP contribution in [0.1, 0.15) is 97.0 Å². The molecule has 2 saturated carbocycles. The van der Waals surface area contributed by atoms with Crippen molar-refractivity contribution in [1.82, 2.24) is 4.98 Å². The highest BCUT2D eigenvalue weighted by molar-refractivity contribution is 7.54. The number of nitrogens with zero attached hydrogens (tertiary/aromatic N) is 2. The maximum atomic E-state index is 15.4. The van der Waals surface area contributed by atoms with Gasteiger partial charge in [-0.3, -0.25) is 9.55 Å². The lowest BCUT2D eigenvalue weighted by atomic mass is 9.76. The molecule has 2 aliphatic carbocycles. The van der Waals surface area contributed by atoms with Crippen LogP contribution in [-0.2, 0) is 23.1 Å². The molecule has 2 aromatic rings. The number of hydrogen-bond acceptors (Lipinski definition) is 7. The lowest BCUT2D eigenvalue weighted by Crippen LogP contribution is -2.35. The van der Waals surface area contributed by atoms with E-state index in [0.717, 1.165) is 38.5 Å². The maximum absolute atomic E-state index is 15.4. The van der Waals surface area contributed by atoms with Crippen molar-refractivity contribution in [2.24, 2.45) is 35.5 Å². The molecular formula is C36H49N2O5P. The summed E-state index contributed by atoms with van der Waals surface area (Å²) in [6.45, 7) is 13.1. The molecule has 0 radical (unpaired) electrons. The molecule has 0 saturated heterocycles. The number of hydrogen-bond donors (Lipinski definition) is 0. The number of nitriles is 1. The number of aromatic nitrogens is 1. The first-order valence-electron chi connectivity index (χ1n) is 16.2. The zero-order valence-corrected chi connectivity index (χ0v) is 28.0. The molecule has 8 heteroatoms. The number of pyridine rings is 1. The van der Waals surface area contributed by atoms with Crippen molar-refractivity contribution < 1.29 is 23.1 Å². The van der Waals surface area contributed by atoms with E-state index in [1.54, 1.807) is 30.5 Å². The molecule has 1 aromatic carbocycles. The average Bonchev–Trinajstić information content (AvgIpc) is 3.01. The molecule has 2 fully saturated rings. The summed E-state index contributed by atoms with van der Waals surface area (Å²) in [5.74, 6) is -0.150. The molecule has 4 rings (SSSR count). The molecule has 0 spiro atoms. The van der Waals surface area contributed by atoms with E-state index < -0.39 is 19.4 Å². The second-order valence-electron chi connectivity index (χ2n) is 13.5. The minimum absolute atomic E-state index is 0.159. The van der Waals surface area contributed by atoms with Gasteiger partial charge < -0.3 is 13.8 Å². The molecule has 0 aliphatic heterocycles. The normalized spacial score (nSPS) is 28.2.